The van der Waals surface area contributed by atoms with Gasteiger partial charge in [-0.25, -0.2) is 0 Å². The van der Waals surface area contributed by atoms with Crippen LogP contribution in [0.3, 0.4) is 0 Å². The quantitative estimate of drug-likeness (QED) is 0.462. The average Bonchev–Trinajstić information content (AvgIpc) is 2.42. The lowest BCUT2D eigenvalue weighted by molar-refractivity contribution is -0.118. The molecule has 0 atom stereocenters. The van der Waals surface area contributed by atoms with E-state index in [2.05, 4.69) is 10.5 Å². The molecule has 1 saturated carbocycles. The normalized spacial score (nSPS) is 20.6. The molecule has 5 heteroatoms. The Balaban J connectivity index is 2.53. The van der Waals surface area contributed by atoms with E-state index >= 15 is 0 Å². The summed E-state index contributed by atoms with van der Waals surface area (Å²) >= 11 is 0. The van der Waals surface area contributed by atoms with Crippen molar-refractivity contribution >= 4 is 5.91 Å². The zero-order valence-corrected chi connectivity index (χ0v) is 13.1. The summed E-state index contributed by atoms with van der Waals surface area (Å²) in [6.07, 6.45) is 12.9. The molecule has 0 radical (unpaired) electrons. The number of nitroso groups, excluding NO2 is 1. The van der Waals surface area contributed by atoms with Crippen LogP contribution in [-0.2, 0) is 4.79 Å². The number of aliphatic hydroxyl groups excluding tert-OH is 1. The fourth-order valence-electron chi connectivity index (χ4n) is 2.83. The molecule has 21 heavy (non-hydrogen) atoms. The van der Waals surface area contributed by atoms with Crippen molar-refractivity contribution in [3.8, 4) is 0 Å². The molecule has 0 heterocycles. The van der Waals surface area contributed by atoms with Crippen LogP contribution in [0.5, 0.6) is 0 Å². The van der Waals surface area contributed by atoms with Crippen molar-refractivity contribution in [3.05, 3.63) is 16.4 Å². The molecule has 120 valence electrons. The van der Waals surface area contributed by atoms with Gasteiger partial charge in [0.2, 0.25) is 5.70 Å². The highest BCUT2D eigenvalue weighted by molar-refractivity contribution is 5.93. The van der Waals surface area contributed by atoms with Gasteiger partial charge in [-0.15, -0.1) is 4.91 Å². The highest BCUT2D eigenvalue weighted by atomic mass is 16.3. The minimum absolute atomic E-state index is 0.0769. The first-order chi connectivity index (χ1) is 10.1. The summed E-state index contributed by atoms with van der Waals surface area (Å²) in [4.78, 5) is 22.5. The van der Waals surface area contributed by atoms with Gasteiger partial charge in [-0.05, 0) is 24.9 Å². The number of amides is 1. The van der Waals surface area contributed by atoms with Crippen LogP contribution in [0.1, 0.15) is 77.6 Å². The second kappa shape index (κ2) is 10.4. The minimum atomic E-state index is -0.554. The lowest BCUT2D eigenvalue weighted by Crippen LogP contribution is -2.35. The van der Waals surface area contributed by atoms with Crippen LogP contribution in [0.25, 0.3) is 0 Å². The van der Waals surface area contributed by atoms with E-state index in [9.17, 15) is 14.8 Å². The molecular weight excluding hydrogens is 268 g/mol. The maximum absolute atomic E-state index is 11.9. The van der Waals surface area contributed by atoms with Crippen molar-refractivity contribution in [2.45, 2.75) is 83.6 Å². The third kappa shape index (κ3) is 7.25. The molecule has 0 unspecified atom stereocenters. The van der Waals surface area contributed by atoms with Gasteiger partial charge in [0, 0.05) is 6.04 Å². The Morgan fingerprint density at radius 1 is 0.952 bits per heavy atom. The van der Waals surface area contributed by atoms with Crippen molar-refractivity contribution in [1.82, 2.24) is 5.32 Å². The van der Waals surface area contributed by atoms with Crippen LogP contribution in [0.15, 0.2) is 16.6 Å². The first-order valence-corrected chi connectivity index (χ1v) is 8.19. The largest absolute Gasteiger partial charge is 0.510 e. The number of carbonyl (C=O) groups is 1. The van der Waals surface area contributed by atoms with E-state index in [-0.39, 0.29) is 11.8 Å². The summed E-state index contributed by atoms with van der Waals surface area (Å²) in [6.45, 7) is 1.30. The monoisotopic (exact) mass is 296 g/mol. The highest BCUT2D eigenvalue weighted by Gasteiger charge is 2.18. The molecule has 0 aromatic rings. The summed E-state index contributed by atoms with van der Waals surface area (Å²) in [5, 5.41) is 14.8. The Hall–Kier alpha value is -1.39. The molecular formula is C16H28N2O3. The molecule has 1 fully saturated rings. The molecule has 1 aliphatic carbocycles. The van der Waals surface area contributed by atoms with Crippen LogP contribution in [0.2, 0.25) is 0 Å². The zero-order valence-electron chi connectivity index (χ0n) is 13.1. The van der Waals surface area contributed by atoms with Crippen LogP contribution < -0.4 is 5.32 Å². The first kappa shape index (κ1) is 17.7. The highest BCUT2D eigenvalue weighted by Crippen LogP contribution is 2.17. The van der Waals surface area contributed by atoms with E-state index in [0.29, 0.717) is 0 Å². The van der Waals surface area contributed by atoms with Crippen LogP contribution in [-0.4, -0.2) is 17.1 Å². The standard InChI is InChI=1S/C16H28N2O3/c1-13(19)15(18-21)16(20)17-14-11-9-7-5-3-2-4-6-8-10-12-14/h14,19H,2-12H2,1H3,(H,17,20)/b15-13+. The van der Waals surface area contributed by atoms with Crippen LogP contribution in [0, 0.1) is 4.91 Å². The second-order valence-electron chi connectivity index (χ2n) is 5.96. The van der Waals surface area contributed by atoms with E-state index in [1.165, 1.54) is 51.9 Å². The van der Waals surface area contributed by atoms with Gasteiger partial charge in [0.1, 0.15) is 5.76 Å². The number of carbonyl (C=O) groups excluding carboxylic acids is 1. The summed E-state index contributed by atoms with van der Waals surface area (Å²) in [6, 6.07) is 0.0769. The minimum Gasteiger partial charge on any atom is -0.510 e. The molecule has 0 aromatic heterocycles. The summed E-state index contributed by atoms with van der Waals surface area (Å²) in [5.41, 5.74) is -0.402. The zero-order chi connectivity index (χ0) is 15.5. The number of aliphatic hydroxyl groups is 1. The molecule has 0 saturated heterocycles. The number of rotatable bonds is 3. The van der Waals surface area contributed by atoms with Crippen molar-refractivity contribution in [2.24, 2.45) is 5.18 Å². The lowest BCUT2D eigenvalue weighted by atomic mass is 9.98. The third-order valence-electron chi connectivity index (χ3n) is 4.09. The van der Waals surface area contributed by atoms with Crippen LogP contribution >= 0.6 is 0 Å². The van der Waals surface area contributed by atoms with Crippen molar-refractivity contribution in [1.29, 1.82) is 0 Å². The van der Waals surface area contributed by atoms with E-state index in [1.54, 1.807) is 0 Å². The Labute approximate surface area is 127 Å². The molecule has 0 aromatic carbocycles. The Morgan fingerprint density at radius 2 is 1.38 bits per heavy atom. The Bertz CT molecular complexity index is 351. The molecule has 0 spiro atoms. The van der Waals surface area contributed by atoms with Gasteiger partial charge in [-0.3, -0.25) is 4.79 Å². The maximum atomic E-state index is 11.9. The molecule has 0 bridgehead atoms. The molecule has 0 aliphatic heterocycles. The number of allylic oxidation sites excluding steroid dienone is 1. The van der Waals surface area contributed by atoms with Crippen molar-refractivity contribution < 1.29 is 9.90 Å². The van der Waals surface area contributed by atoms with Crippen LogP contribution in [0.4, 0.5) is 0 Å². The SMILES string of the molecule is C/C(O)=C(\N=O)C(=O)NC1CCCCCCCCCCC1. The predicted octanol–water partition coefficient (Wildman–Crippen LogP) is 4.33. The molecule has 1 amide bonds. The van der Waals surface area contributed by atoms with Crippen molar-refractivity contribution in [3.63, 3.8) is 0 Å². The van der Waals surface area contributed by atoms with Gasteiger partial charge in [-0.1, -0.05) is 57.8 Å². The average molecular weight is 296 g/mol. The number of nitrogens with zero attached hydrogens (tertiary/aromatic N) is 1. The fourth-order valence-corrected chi connectivity index (χ4v) is 2.83. The van der Waals surface area contributed by atoms with E-state index in [4.69, 9.17) is 0 Å². The summed E-state index contributed by atoms with van der Waals surface area (Å²) < 4.78 is 0. The van der Waals surface area contributed by atoms with Gasteiger partial charge >= 0.3 is 0 Å². The predicted molar refractivity (Wildman–Crippen MR) is 83.8 cm³/mol. The number of nitrogens with one attached hydrogen (secondary N) is 1. The second-order valence-corrected chi connectivity index (χ2v) is 5.96. The van der Waals surface area contributed by atoms with Gasteiger partial charge in [-0.2, -0.15) is 0 Å². The van der Waals surface area contributed by atoms with E-state index in [1.807, 2.05) is 0 Å². The smallest absolute Gasteiger partial charge is 0.277 e. The molecule has 1 rings (SSSR count). The molecule has 1 aliphatic rings. The van der Waals surface area contributed by atoms with Gasteiger partial charge in [0.25, 0.3) is 5.91 Å². The summed E-state index contributed by atoms with van der Waals surface area (Å²) in [5.74, 6) is -0.877. The van der Waals surface area contributed by atoms with Gasteiger partial charge < -0.3 is 10.4 Å². The Morgan fingerprint density at radius 3 is 1.76 bits per heavy atom. The van der Waals surface area contributed by atoms with Gasteiger partial charge in [0.15, 0.2) is 0 Å². The summed E-state index contributed by atoms with van der Waals surface area (Å²) in [7, 11) is 0. The van der Waals surface area contributed by atoms with Gasteiger partial charge in [0.05, 0.1) is 0 Å². The Kier molecular flexibility index (Phi) is 8.71. The first-order valence-electron chi connectivity index (χ1n) is 8.19. The molecule has 5 nitrogen and oxygen atoms in total. The van der Waals surface area contributed by atoms with E-state index in [0.717, 1.165) is 25.7 Å². The van der Waals surface area contributed by atoms with E-state index < -0.39 is 11.6 Å². The lowest BCUT2D eigenvalue weighted by Gasteiger charge is -2.19. The third-order valence-corrected chi connectivity index (χ3v) is 4.09. The number of hydrogen-bond donors (Lipinski definition) is 2. The maximum Gasteiger partial charge on any atom is 0.277 e. The fraction of sp³-hybridized carbons (Fsp3) is 0.812. The molecule has 2 N–H and O–H groups in total. The van der Waals surface area contributed by atoms with Crippen molar-refractivity contribution in [2.75, 3.05) is 0 Å². The number of hydrogen-bond acceptors (Lipinski definition) is 4. The topological polar surface area (TPSA) is 78.8 Å².